The molecule has 1 atom stereocenters. The first-order valence-electron chi connectivity index (χ1n) is 5.44. The summed E-state index contributed by atoms with van der Waals surface area (Å²) in [7, 11) is 0. The van der Waals surface area contributed by atoms with E-state index in [0.717, 1.165) is 6.42 Å². The number of nitrogens with zero attached hydrogens (tertiary/aromatic N) is 1. The van der Waals surface area contributed by atoms with Crippen molar-refractivity contribution >= 4 is 0 Å². The molecule has 0 fully saturated rings. The summed E-state index contributed by atoms with van der Waals surface area (Å²) >= 11 is 0. The second-order valence-electron chi connectivity index (χ2n) is 4.10. The van der Waals surface area contributed by atoms with E-state index in [-0.39, 0.29) is 0 Å². The van der Waals surface area contributed by atoms with Crippen LogP contribution in [0.2, 0.25) is 0 Å². The van der Waals surface area contributed by atoms with Crippen LogP contribution in [0.4, 0.5) is 0 Å². The summed E-state index contributed by atoms with van der Waals surface area (Å²) in [5, 5.41) is 0. The molecule has 1 aromatic carbocycles. The topological polar surface area (TPSA) is 3.24 Å². The largest absolute Gasteiger partial charge is 0.348 e. The van der Waals surface area contributed by atoms with Crippen LogP contribution < -0.4 is 0 Å². The van der Waals surface area contributed by atoms with Crippen LogP contribution in [0, 0.1) is 0 Å². The fraction of sp³-hybridized carbons (Fsp3) is 0.286. The molecule has 0 amide bonds. The molecule has 0 aromatic heterocycles. The Bertz CT molecular complexity index is 376. The summed E-state index contributed by atoms with van der Waals surface area (Å²) in [6, 6.07) is 11.0. The zero-order valence-corrected chi connectivity index (χ0v) is 9.35. The van der Waals surface area contributed by atoms with E-state index < -0.39 is 0 Å². The van der Waals surface area contributed by atoms with Crippen molar-refractivity contribution in [3.63, 3.8) is 0 Å². The molecule has 0 unspecified atom stereocenters. The Kier molecular flexibility index (Phi) is 2.91. The highest BCUT2D eigenvalue weighted by atomic mass is 15.1. The summed E-state index contributed by atoms with van der Waals surface area (Å²) in [6.07, 6.45) is 7.70. The Morgan fingerprint density at radius 3 is 2.60 bits per heavy atom. The second kappa shape index (κ2) is 4.35. The van der Waals surface area contributed by atoms with Gasteiger partial charge in [0.2, 0.25) is 0 Å². The van der Waals surface area contributed by atoms with Gasteiger partial charge in [-0.05, 0) is 25.8 Å². The van der Waals surface area contributed by atoms with Gasteiger partial charge in [0.25, 0.3) is 0 Å². The number of allylic oxidation sites excluding steroid dienone is 2. The van der Waals surface area contributed by atoms with E-state index in [2.05, 4.69) is 67.6 Å². The molecule has 2 rings (SSSR count). The molecule has 1 aliphatic rings. The fourth-order valence-corrected chi connectivity index (χ4v) is 1.86. The first-order valence-corrected chi connectivity index (χ1v) is 5.44. The van der Waals surface area contributed by atoms with Gasteiger partial charge in [-0.2, -0.15) is 0 Å². The molecule has 0 saturated carbocycles. The third-order valence-corrected chi connectivity index (χ3v) is 2.82. The number of hydrogen-bond acceptors (Lipinski definition) is 1. The molecule has 0 aliphatic carbocycles. The lowest BCUT2D eigenvalue weighted by molar-refractivity contribution is 0.392. The van der Waals surface area contributed by atoms with Gasteiger partial charge in [-0.25, -0.2) is 0 Å². The highest BCUT2D eigenvalue weighted by Gasteiger charge is 2.11. The Morgan fingerprint density at radius 1 is 1.20 bits per heavy atom. The van der Waals surface area contributed by atoms with Crippen LogP contribution in [0.1, 0.15) is 31.9 Å². The molecular weight excluding hydrogens is 182 g/mol. The minimum absolute atomic E-state index is 0.415. The van der Waals surface area contributed by atoms with Gasteiger partial charge in [0.15, 0.2) is 0 Å². The van der Waals surface area contributed by atoms with Crippen LogP contribution in [-0.2, 0) is 0 Å². The molecule has 0 bridgehead atoms. The Morgan fingerprint density at radius 2 is 1.93 bits per heavy atom. The van der Waals surface area contributed by atoms with Crippen molar-refractivity contribution in [3.8, 4) is 0 Å². The maximum atomic E-state index is 2.27. The maximum Gasteiger partial charge on any atom is 0.0551 e. The Labute approximate surface area is 91.7 Å². The quantitative estimate of drug-likeness (QED) is 0.699. The normalized spacial score (nSPS) is 17.5. The maximum absolute atomic E-state index is 2.27. The third-order valence-electron chi connectivity index (χ3n) is 2.82. The standard InChI is InChI=1S/C14H17N/c1-12-7-6-10-15(11-12)13(2)14-8-4-3-5-9-14/h3-6,8-11,13H,7H2,1-2H3/t13-/m1/s1. The van der Waals surface area contributed by atoms with Crippen LogP contribution in [0.15, 0.2) is 54.4 Å². The summed E-state index contributed by atoms with van der Waals surface area (Å²) in [5.41, 5.74) is 2.77. The van der Waals surface area contributed by atoms with E-state index in [1.807, 2.05) is 0 Å². The van der Waals surface area contributed by atoms with Gasteiger partial charge >= 0.3 is 0 Å². The zero-order chi connectivity index (χ0) is 10.7. The molecular formula is C14H17N. The summed E-state index contributed by atoms with van der Waals surface area (Å²) < 4.78 is 0. The molecule has 15 heavy (non-hydrogen) atoms. The van der Waals surface area contributed by atoms with Gasteiger partial charge in [-0.1, -0.05) is 42.0 Å². The summed E-state index contributed by atoms with van der Waals surface area (Å²) in [4.78, 5) is 2.27. The van der Waals surface area contributed by atoms with Gasteiger partial charge in [-0.15, -0.1) is 0 Å². The van der Waals surface area contributed by atoms with Gasteiger partial charge in [0.1, 0.15) is 0 Å². The Hall–Kier alpha value is -1.50. The monoisotopic (exact) mass is 199 g/mol. The van der Waals surface area contributed by atoms with Crippen molar-refractivity contribution in [1.82, 2.24) is 4.90 Å². The van der Waals surface area contributed by atoms with Crippen molar-refractivity contribution in [3.05, 3.63) is 59.9 Å². The average Bonchev–Trinajstić information content (AvgIpc) is 2.29. The van der Waals surface area contributed by atoms with Gasteiger partial charge in [0.05, 0.1) is 6.04 Å². The van der Waals surface area contributed by atoms with Crippen LogP contribution in [0.5, 0.6) is 0 Å². The highest BCUT2D eigenvalue weighted by Crippen LogP contribution is 2.24. The van der Waals surface area contributed by atoms with E-state index in [1.165, 1.54) is 11.1 Å². The number of hydrogen-bond donors (Lipinski definition) is 0. The fourth-order valence-electron chi connectivity index (χ4n) is 1.86. The van der Waals surface area contributed by atoms with E-state index >= 15 is 0 Å². The molecule has 0 spiro atoms. The molecule has 0 N–H and O–H groups in total. The molecule has 78 valence electrons. The predicted molar refractivity (Wildman–Crippen MR) is 64.2 cm³/mol. The van der Waals surface area contributed by atoms with Crippen molar-refractivity contribution in [2.24, 2.45) is 0 Å². The first kappa shape index (κ1) is 10.0. The van der Waals surface area contributed by atoms with Crippen LogP contribution in [-0.4, -0.2) is 4.90 Å². The lowest BCUT2D eigenvalue weighted by atomic mass is 10.1. The van der Waals surface area contributed by atoms with E-state index in [1.54, 1.807) is 0 Å². The molecule has 1 aliphatic heterocycles. The highest BCUT2D eigenvalue weighted by molar-refractivity contribution is 5.22. The lowest BCUT2D eigenvalue weighted by Gasteiger charge is -2.27. The smallest absolute Gasteiger partial charge is 0.0551 e. The molecule has 0 radical (unpaired) electrons. The van der Waals surface area contributed by atoms with Crippen LogP contribution in [0.25, 0.3) is 0 Å². The minimum atomic E-state index is 0.415. The second-order valence-corrected chi connectivity index (χ2v) is 4.10. The summed E-state index contributed by atoms with van der Waals surface area (Å²) in [5.74, 6) is 0. The SMILES string of the molecule is CC1=CN([C@H](C)c2ccccc2)C=CC1. The minimum Gasteiger partial charge on any atom is -0.348 e. The van der Waals surface area contributed by atoms with Crippen molar-refractivity contribution in [2.45, 2.75) is 26.3 Å². The first-order chi connectivity index (χ1) is 7.27. The Balaban J connectivity index is 2.18. The molecule has 1 heteroatoms. The number of rotatable bonds is 2. The molecule has 0 saturated heterocycles. The van der Waals surface area contributed by atoms with Crippen molar-refractivity contribution < 1.29 is 0 Å². The van der Waals surface area contributed by atoms with Gasteiger partial charge < -0.3 is 4.90 Å². The zero-order valence-electron chi connectivity index (χ0n) is 9.35. The summed E-state index contributed by atoms with van der Waals surface area (Å²) in [6.45, 7) is 4.41. The molecule has 1 aromatic rings. The van der Waals surface area contributed by atoms with Crippen molar-refractivity contribution in [2.75, 3.05) is 0 Å². The number of benzene rings is 1. The van der Waals surface area contributed by atoms with E-state index in [4.69, 9.17) is 0 Å². The average molecular weight is 199 g/mol. The van der Waals surface area contributed by atoms with Gasteiger partial charge in [-0.3, -0.25) is 0 Å². The van der Waals surface area contributed by atoms with Crippen molar-refractivity contribution in [1.29, 1.82) is 0 Å². The third kappa shape index (κ3) is 2.30. The van der Waals surface area contributed by atoms with E-state index in [0.29, 0.717) is 6.04 Å². The van der Waals surface area contributed by atoms with Crippen LogP contribution >= 0.6 is 0 Å². The molecule has 1 nitrogen and oxygen atoms in total. The lowest BCUT2D eigenvalue weighted by Crippen LogP contribution is -2.17. The van der Waals surface area contributed by atoms with Gasteiger partial charge in [0, 0.05) is 12.4 Å². The molecule has 1 heterocycles. The van der Waals surface area contributed by atoms with E-state index in [9.17, 15) is 0 Å². The predicted octanol–water partition coefficient (Wildman–Crippen LogP) is 3.87. The van der Waals surface area contributed by atoms with Crippen LogP contribution in [0.3, 0.4) is 0 Å².